The Morgan fingerprint density at radius 3 is 2.52 bits per heavy atom. The summed E-state index contributed by atoms with van der Waals surface area (Å²) < 4.78 is 12.1. The van der Waals surface area contributed by atoms with E-state index < -0.39 is 36.3 Å². The summed E-state index contributed by atoms with van der Waals surface area (Å²) in [5.41, 5.74) is 0.501. The average Bonchev–Trinajstić information content (AvgIpc) is 3.04. The Balaban J connectivity index is 1.34. The molecule has 1 unspecified atom stereocenters. The lowest BCUT2D eigenvalue weighted by atomic mass is 9.46. The number of hydrogen-bond donors (Lipinski definition) is 4. The van der Waals surface area contributed by atoms with Crippen molar-refractivity contribution in [2.24, 2.45) is 28.6 Å². The number of fused-ring (bicyclic) bond motifs is 5. The summed E-state index contributed by atoms with van der Waals surface area (Å²) in [7, 11) is 0. The number of hydrogen-bond acceptors (Lipinski definition) is 6. The minimum Gasteiger partial charge on any atom is -0.393 e. The maximum atomic E-state index is 12.1. The highest BCUT2D eigenvalue weighted by Crippen LogP contribution is 2.67. The van der Waals surface area contributed by atoms with E-state index in [9.17, 15) is 20.4 Å². The molecular weight excluding hydrogens is 420 g/mol. The maximum Gasteiger partial charge on any atom is 0.161 e. The molecule has 5 aliphatic rings. The lowest BCUT2D eigenvalue weighted by molar-refractivity contribution is -0.288. The molecule has 1 heterocycles. The third-order valence-corrected chi connectivity index (χ3v) is 11.0. The van der Waals surface area contributed by atoms with Crippen LogP contribution in [0.1, 0.15) is 85.5 Å². The van der Waals surface area contributed by atoms with E-state index in [1.807, 2.05) is 6.92 Å². The zero-order valence-electron chi connectivity index (χ0n) is 20.7. The van der Waals surface area contributed by atoms with E-state index in [1.54, 1.807) is 6.92 Å². The van der Waals surface area contributed by atoms with Crippen LogP contribution >= 0.6 is 0 Å². The summed E-state index contributed by atoms with van der Waals surface area (Å²) in [5.74, 6) is 1.64. The van der Waals surface area contributed by atoms with Crippen molar-refractivity contribution in [3.8, 4) is 0 Å². The molecule has 0 radical (unpaired) electrons. The molecule has 33 heavy (non-hydrogen) atoms. The van der Waals surface area contributed by atoms with Gasteiger partial charge in [0.05, 0.1) is 30.0 Å². The first-order chi connectivity index (χ1) is 15.5. The van der Waals surface area contributed by atoms with Crippen LogP contribution in [0, 0.1) is 28.6 Å². The molecule has 12 atom stereocenters. The standard InChI is InChI=1S/C27H44O6/c1-15-24(30)22(29)14-23(32-15)33-16(2)27(31)12-9-21-19-6-5-17-13-18(28)7-10-25(17,3)20(19)8-11-26(21,27)4/h5,15-16,18-24,28-31H,6-14H2,1-4H3/t15-,16?,18+,19-,20+,21+,22-,23+,24-,25+,26+,27+/m1/s1. The summed E-state index contributed by atoms with van der Waals surface area (Å²) in [6.07, 6.45) is 6.81. The predicted octanol–water partition coefficient (Wildman–Crippen LogP) is 3.30. The van der Waals surface area contributed by atoms with Crippen molar-refractivity contribution >= 4 is 0 Å². The number of rotatable bonds is 3. The Kier molecular flexibility index (Phi) is 6.07. The normalized spacial score (nSPS) is 55.2. The SMILES string of the molecule is CC(O[C@H]1C[C@@H](O)[C@H](O)[C@@H](C)O1)[C@@]1(O)CC[C@H]2[C@@H]3CC=C4C[C@@H](O)CC[C@]4(C)[C@H]3CC[C@@]21C. The second kappa shape index (κ2) is 8.28. The fraction of sp³-hybridized carbons (Fsp3) is 0.926. The highest BCUT2D eigenvalue weighted by Gasteiger charge is 2.65. The summed E-state index contributed by atoms with van der Waals surface area (Å²) in [6, 6.07) is 0. The first kappa shape index (κ1) is 24.2. The van der Waals surface area contributed by atoms with Gasteiger partial charge in [0.15, 0.2) is 6.29 Å². The molecule has 5 rings (SSSR count). The van der Waals surface area contributed by atoms with Crippen LogP contribution in [-0.4, -0.2) is 62.8 Å². The van der Waals surface area contributed by atoms with Gasteiger partial charge in [0.2, 0.25) is 0 Å². The first-order valence-corrected chi connectivity index (χ1v) is 13.3. The molecule has 4 fully saturated rings. The molecule has 0 spiro atoms. The number of allylic oxidation sites excluding steroid dienone is 1. The lowest BCUT2D eigenvalue weighted by Crippen LogP contribution is -2.59. The molecule has 1 aliphatic heterocycles. The largest absolute Gasteiger partial charge is 0.393 e. The van der Waals surface area contributed by atoms with Gasteiger partial charge in [0.1, 0.15) is 6.10 Å². The fourth-order valence-electron chi connectivity index (χ4n) is 8.81. The molecule has 0 amide bonds. The Labute approximate surface area is 198 Å². The molecule has 6 heteroatoms. The van der Waals surface area contributed by atoms with Crippen molar-refractivity contribution < 1.29 is 29.9 Å². The van der Waals surface area contributed by atoms with Crippen LogP contribution in [0.5, 0.6) is 0 Å². The fourth-order valence-corrected chi connectivity index (χ4v) is 8.81. The average molecular weight is 465 g/mol. The van der Waals surface area contributed by atoms with Crippen LogP contribution in [0.15, 0.2) is 11.6 Å². The second-order valence-electron chi connectivity index (χ2n) is 12.4. The van der Waals surface area contributed by atoms with E-state index in [4.69, 9.17) is 9.47 Å². The van der Waals surface area contributed by atoms with Gasteiger partial charge in [0.25, 0.3) is 0 Å². The highest BCUT2D eigenvalue weighted by molar-refractivity contribution is 5.26. The molecule has 3 saturated carbocycles. The Morgan fingerprint density at radius 2 is 1.79 bits per heavy atom. The number of aliphatic hydroxyl groups is 4. The first-order valence-electron chi connectivity index (χ1n) is 13.3. The molecule has 4 N–H and O–H groups in total. The summed E-state index contributed by atoms with van der Waals surface area (Å²) >= 11 is 0. The minimum atomic E-state index is -0.941. The smallest absolute Gasteiger partial charge is 0.161 e. The molecular formula is C27H44O6. The third-order valence-electron chi connectivity index (χ3n) is 11.0. The van der Waals surface area contributed by atoms with Gasteiger partial charge < -0.3 is 29.9 Å². The van der Waals surface area contributed by atoms with Crippen LogP contribution < -0.4 is 0 Å². The van der Waals surface area contributed by atoms with Gasteiger partial charge in [-0.25, -0.2) is 0 Å². The van der Waals surface area contributed by atoms with E-state index in [0.717, 1.165) is 51.4 Å². The topological polar surface area (TPSA) is 99.4 Å². The summed E-state index contributed by atoms with van der Waals surface area (Å²) in [5, 5.41) is 42.5. The summed E-state index contributed by atoms with van der Waals surface area (Å²) in [4.78, 5) is 0. The Hall–Kier alpha value is -0.500. The monoisotopic (exact) mass is 464 g/mol. The lowest BCUT2D eigenvalue weighted by Gasteiger charge is -2.59. The van der Waals surface area contributed by atoms with Gasteiger partial charge in [-0.3, -0.25) is 0 Å². The third kappa shape index (κ3) is 3.58. The highest BCUT2D eigenvalue weighted by atomic mass is 16.7. The van der Waals surface area contributed by atoms with Crippen molar-refractivity contribution in [2.75, 3.05) is 0 Å². The van der Waals surface area contributed by atoms with Crippen LogP contribution in [0.3, 0.4) is 0 Å². The second-order valence-corrected chi connectivity index (χ2v) is 12.4. The molecule has 0 aromatic heterocycles. The predicted molar refractivity (Wildman–Crippen MR) is 124 cm³/mol. The van der Waals surface area contributed by atoms with Crippen molar-refractivity contribution in [2.45, 2.75) is 128 Å². The van der Waals surface area contributed by atoms with Crippen LogP contribution in [0.25, 0.3) is 0 Å². The molecule has 0 bridgehead atoms. The molecule has 4 aliphatic carbocycles. The van der Waals surface area contributed by atoms with Gasteiger partial charge in [-0.15, -0.1) is 0 Å². The minimum absolute atomic E-state index is 0.186. The Bertz CT molecular complexity index is 773. The van der Waals surface area contributed by atoms with E-state index in [2.05, 4.69) is 19.9 Å². The van der Waals surface area contributed by atoms with Gasteiger partial charge in [0, 0.05) is 11.8 Å². The maximum absolute atomic E-state index is 12.1. The quantitative estimate of drug-likeness (QED) is 0.479. The van der Waals surface area contributed by atoms with E-state index in [-0.39, 0.29) is 23.4 Å². The van der Waals surface area contributed by atoms with Crippen molar-refractivity contribution in [3.63, 3.8) is 0 Å². The molecule has 1 saturated heterocycles. The van der Waals surface area contributed by atoms with Crippen LogP contribution in [0.2, 0.25) is 0 Å². The molecule has 0 aromatic carbocycles. The Morgan fingerprint density at radius 1 is 1.06 bits per heavy atom. The van der Waals surface area contributed by atoms with E-state index >= 15 is 0 Å². The zero-order chi connectivity index (χ0) is 23.8. The van der Waals surface area contributed by atoms with Crippen LogP contribution in [-0.2, 0) is 9.47 Å². The van der Waals surface area contributed by atoms with Crippen LogP contribution in [0.4, 0.5) is 0 Å². The van der Waals surface area contributed by atoms with Gasteiger partial charge in [-0.05, 0) is 88.4 Å². The van der Waals surface area contributed by atoms with E-state index in [0.29, 0.717) is 17.8 Å². The number of aliphatic hydroxyl groups excluding tert-OH is 3. The molecule has 188 valence electrons. The number of ether oxygens (including phenoxy) is 2. The van der Waals surface area contributed by atoms with Gasteiger partial charge in [-0.2, -0.15) is 0 Å². The van der Waals surface area contributed by atoms with Crippen molar-refractivity contribution in [1.29, 1.82) is 0 Å². The van der Waals surface area contributed by atoms with Gasteiger partial charge >= 0.3 is 0 Å². The molecule has 6 nitrogen and oxygen atoms in total. The summed E-state index contributed by atoms with van der Waals surface area (Å²) in [6.45, 7) is 8.40. The van der Waals surface area contributed by atoms with Crippen molar-refractivity contribution in [1.82, 2.24) is 0 Å². The van der Waals surface area contributed by atoms with Gasteiger partial charge in [-0.1, -0.05) is 25.5 Å². The molecule has 0 aromatic rings. The van der Waals surface area contributed by atoms with E-state index in [1.165, 1.54) is 5.57 Å². The van der Waals surface area contributed by atoms with Crippen molar-refractivity contribution in [3.05, 3.63) is 11.6 Å². The zero-order valence-corrected chi connectivity index (χ0v) is 20.7.